The van der Waals surface area contributed by atoms with E-state index in [0.717, 1.165) is 6.42 Å². The molecule has 0 saturated heterocycles. The molecule has 96 valence electrons. The second-order valence-corrected chi connectivity index (χ2v) is 4.22. The molecule has 1 aromatic rings. The number of aromatic nitrogens is 2. The highest BCUT2D eigenvalue weighted by Crippen LogP contribution is 2.06. The van der Waals surface area contributed by atoms with Crippen molar-refractivity contribution in [3.05, 3.63) is 11.8 Å². The molecule has 0 aliphatic carbocycles. The van der Waals surface area contributed by atoms with E-state index in [-0.39, 0.29) is 5.91 Å². The number of nitrogens with two attached hydrogens (primary N) is 1. The maximum absolute atomic E-state index is 11.6. The van der Waals surface area contributed by atoms with E-state index < -0.39 is 0 Å². The van der Waals surface area contributed by atoms with Crippen molar-refractivity contribution < 1.29 is 4.79 Å². The van der Waals surface area contributed by atoms with Crippen molar-refractivity contribution in [3.8, 4) is 0 Å². The van der Waals surface area contributed by atoms with Gasteiger partial charge in [-0.2, -0.15) is 5.10 Å². The summed E-state index contributed by atoms with van der Waals surface area (Å²) in [6.45, 7) is 2.91. The Balaban J connectivity index is 2.07. The minimum absolute atomic E-state index is 0.148. The van der Waals surface area contributed by atoms with Crippen LogP contribution in [0.15, 0.2) is 6.20 Å². The zero-order valence-electron chi connectivity index (χ0n) is 10.5. The molecule has 0 aliphatic heterocycles. The zero-order valence-corrected chi connectivity index (χ0v) is 10.5. The summed E-state index contributed by atoms with van der Waals surface area (Å²) in [6, 6.07) is 0. The normalized spacial score (nSPS) is 10.4. The number of nitrogens with one attached hydrogen (secondary N) is 2. The maximum Gasteiger partial charge on any atom is 0.256 e. The van der Waals surface area contributed by atoms with Crippen molar-refractivity contribution in [1.82, 2.24) is 15.5 Å². The van der Waals surface area contributed by atoms with Crippen molar-refractivity contribution in [2.45, 2.75) is 45.4 Å². The van der Waals surface area contributed by atoms with Gasteiger partial charge in [0.1, 0.15) is 11.4 Å². The van der Waals surface area contributed by atoms with Crippen LogP contribution in [-0.4, -0.2) is 22.6 Å². The van der Waals surface area contributed by atoms with Gasteiger partial charge >= 0.3 is 0 Å². The van der Waals surface area contributed by atoms with Crippen molar-refractivity contribution in [2.24, 2.45) is 0 Å². The number of hydrogen-bond donors (Lipinski definition) is 3. The van der Waals surface area contributed by atoms with Crippen LogP contribution in [0.2, 0.25) is 0 Å². The van der Waals surface area contributed by atoms with Crippen molar-refractivity contribution in [1.29, 1.82) is 0 Å². The highest BCUT2D eigenvalue weighted by molar-refractivity contribution is 5.97. The zero-order chi connectivity index (χ0) is 12.5. The molecular formula is C12H22N4O. The van der Waals surface area contributed by atoms with Gasteiger partial charge in [0, 0.05) is 6.54 Å². The summed E-state index contributed by atoms with van der Waals surface area (Å²) < 4.78 is 0. The van der Waals surface area contributed by atoms with Crippen LogP contribution in [0, 0.1) is 0 Å². The van der Waals surface area contributed by atoms with Gasteiger partial charge in [0.2, 0.25) is 0 Å². The van der Waals surface area contributed by atoms with Gasteiger partial charge in [-0.05, 0) is 6.42 Å². The van der Waals surface area contributed by atoms with E-state index >= 15 is 0 Å². The van der Waals surface area contributed by atoms with E-state index in [1.165, 1.54) is 38.3 Å². The molecular weight excluding hydrogens is 216 g/mol. The standard InChI is InChI=1S/C12H22N4O/c1-2-3-4-5-6-7-8-14-12(17)10-9-15-16-11(10)13/h9H,2-8H2,1H3,(H,14,17)(H3,13,15,16). The predicted octanol–water partition coefficient (Wildman–Crippen LogP) is 2.08. The number of carbonyl (C=O) groups is 1. The smallest absolute Gasteiger partial charge is 0.256 e. The molecule has 0 atom stereocenters. The first-order valence-corrected chi connectivity index (χ1v) is 6.32. The van der Waals surface area contributed by atoms with Gasteiger partial charge in [-0.1, -0.05) is 39.0 Å². The minimum atomic E-state index is -0.148. The largest absolute Gasteiger partial charge is 0.383 e. The van der Waals surface area contributed by atoms with E-state index in [2.05, 4.69) is 22.4 Å². The number of nitrogen functional groups attached to an aromatic ring is 1. The van der Waals surface area contributed by atoms with E-state index in [9.17, 15) is 4.79 Å². The molecule has 0 spiro atoms. The van der Waals surface area contributed by atoms with Crippen LogP contribution in [0.3, 0.4) is 0 Å². The second kappa shape index (κ2) is 7.70. The Hall–Kier alpha value is -1.52. The quantitative estimate of drug-likeness (QED) is 0.606. The van der Waals surface area contributed by atoms with Gasteiger partial charge in [0.05, 0.1) is 6.20 Å². The number of anilines is 1. The van der Waals surface area contributed by atoms with E-state index in [4.69, 9.17) is 5.73 Å². The lowest BCUT2D eigenvalue weighted by molar-refractivity contribution is 0.0954. The summed E-state index contributed by atoms with van der Waals surface area (Å²) >= 11 is 0. The minimum Gasteiger partial charge on any atom is -0.383 e. The Morgan fingerprint density at radius 3 is 2.71 bits per heavy atom. The Morgan fingerprint density at radius 2 is 2.06 bits per heavy atom. The highest BCUT2D eigenvalue weighted by atomic mass is 16.1. The molecule has 0 unspecified atom stereocenters. The number of amides is 1. The molecule has 0 aromatic carbocycles. The van der Waals surface area contributed by atoms with E-state index in [0.29, 0.717) is 17.9 Å². The lowest BCUT2D eigenvalue weighted by atomic mass is 10.1. The van der Waals surface area contributed by atoms with Crippen molar-refractivity contribution in [3.63, 3.8) is 0 Å². The molecule has 0 fully saturated rings. The van der Waals surface area contributed by atoms with E-state index in [1.54, 1.807) is 0 Å². The number of rotatable bonds is 8. The molecule has 5 heteroatoms. The average molecular weight is 238 g/mol. The first kappa shape index (κ1) is 13.5. The third-order valence-corrected chi connectivity index (χ3v) is 2.73. The van der Waals surface area contributed by atoms with Gasteiger partial charge in [0.25, 0.3) is 5.91 Å². The van der Waals surface area contributed by atoms with E-state index in [1.807, 2.05) is 0 Å². The Labute approximate surface area is 102 Å². The van der Waals surface area contributed by atoms with Gasteiger partial charge in [0.15, 0.2) is 0 Å². The number of unbranched alkanes of at least 4 members (excludes halogenated alkanes) is 5. The Bertz CT molecular complexity index is 335. The summed E-state index contributed by atoms with van der Waals surface area (Å²) in [5.74, 6) is 0.176. The molecule has 5 nitrogen and oxygen atoms in total. The fourth-order valence-corrected chi connectivity index (χ4v) is 1.68. The first-order chi connectivity index (χ1) is 8.25. The monoisotopic (exact) mass is 238 g/mol. The number of aromatic amines is 1. The molecule has 0 saturated carbocycles. The fourth-order valence-electron chi connectivity index (χ4n) is 1.68. The summed E-state index contributed by atoms with van der Waals surface area (Å²) in [6.07, 6.45) is 8.74. The summed E-state index contributed by atoms with van der Waals surface area (Å²) in [4.78, 5) is 11.6. The lowest BCUT2D eigenvalue weighted by Crippen LogP contribution is -2.24. The third kappa shape index (κ3) is 4.89. The molecule has 4 N–H and O–H groups in total. The summed E-state index contributed by atoms with van der Waals surface area (Å²) in [5, 5.41) is 9.09. The molecule has 1 amide bonds. The van der Waals surface area contributed by atoms with Crippen LogP contribution in [-0.2, 0) is 0 Å². The van der Waals surface area contributed by atoms with Gasteiger partial charge in [-0.25, -0.2) is 0 Å². The third-order valence-electron chi connectivity index (χ3n) is 2.73. The summed E-state index contributed by atoms with van der Waals surface area (Å²) in [7, 11) is 0. The molecule has 0 aliphatic rings. The molecule has 17 heavy (non-hydrogen) atoms. The Morgan fingerprint density at radius 1 is 1.35 bits per heavy atom. The molecule has 0 radical (unpaired) electrons. The molecule has 1 rings (SSSR count). The SMILES string of the molecule is CCCCCCCCNC(=O)c1cn[nH]c1N. The second-order valence-electron chi connectivity index (χ2n) is 4.22. The molecule has 1 aromatic heterocycles. The highest BCUT2D eigenvalue weighted by Gasteiger charge is 2.09. The fraction of sp³-hybridized carbons (Fsp3) is 0.667. The molecule has 0 bridgehead atoms. The Kier molecular flexibility index (Phi) is 6.14. The van der Waals surface area contributed by atoms with Crippen molar-refractivity contribution >= 4 is 11.7 Å². The van der Waals surface area contributed by atoms with Crippen LogP contribution < -0.4 is 11.1 Å². The first-order valence-electron chi connectivity index (χ1n) is 6.32. The maximum atomic E-state index is 11.6. The van der Waals surface area contributed by atoms with Crippen LogP contribution in [0.5, 0.6) is 0 Å². The number of carbonyl (C=O) groups excluding carboxylic acids is 1. The predicted molar refractivity (Wildman–Crippen MR) is 68.7 cm³/mol. The summed E-state index contributed by atoms with van der Waals surface area (Å²) in [5.41, 5.74) is 5.97. The molecule has 1 heterocycles. The van der Waals surface area contributed by atoms with Crippen molar-refractivity contribution in [2.75, 3.05) is 12.3 Å². The van der Waals surface area contributed by atoms with Crippen LogP contribution in [0.1, 0.15) is 55.8 Å². The number of hydrogen-bond acceptors (Lipinski definition) is 3. The van der Waals surface area contributed by atoms with Gasteiger partial charge < -0.3 is 11.1 Å². The number of H-pyrrole nitrogens is 1. The average Bonchev–Trinajstić information content (AvgIpc) is 2.74. The van der Waals surface area contributed by atoms with Gasteiger partial charge in [-0.3, -0.25) is 9.89 Å². The lowest BCUT2D eigenvalue weighted by Gasteiger charge is -2.04. The topological polar surface area (TPSA) is 83.8 Å². The number of nitrogens with zero attached hydrogens (tertiary/aromatic N) is 1. The van der Waals surface area contributed by atoms with Crippen LogP contribution in [0.25, 0.3) is 0 Å². The van der Waals surface area contributed by atoms with Crippen LogP contribution in [0.4, 0.5) is 5.82 Å². The van der Waals surface area contributed by atoms with Gasteiger partial charge in [-0.15, -0.1) is 0 Å². The van der Waals surface area contributed by atoms with Crippen LogP contribution >= 0.6 is 0 Å².